The Hall–Kier alpha value is -1.22. The first-order chi connectivity index (χ1) is 9.16. The third-order valence-corrected chi connectivity index (χ3v) is 4.68. The molecular formula is C15H18ClNO2. The number of hydrogen-bond acceptors (Lipinski definition) is 2. The minimum Gasteiger partial charge on any atom is -0.507 e. The number of benzene rings is 1. The smallest absolute Gasteiger partial charge is 0.257 e. The molecule has 102 valence electrons. The van der Waals surface area contributed by atoms with E-state index in [0.29, 0.717) is 22.5 Å². The number of amides is 1. The minimum absolute atomic E-state index is 0.0227. The van der Waals surface area contributed by atoms with E-state index in [1.807, 2.05) is 4.90 Å². The summed E-state index contributed by atoms with van der Waals surface area (Å²) in [6, 6.07) is 5.02. The molecule has 1 aromatic carbocycles. The molecule has 0 bridgehead atoms. The van der Waals surface area contributed by atoms with Crippen LogP contribution in [-0.2, 0) is 0 Å². The van der Waals surface area contributed by atoms with E-state index >= 15 is 0 Å². The predicted octanol–water partition coefficient (Wildman–Crippen LogP) is 3.45. The predicted molar refractivity (Wildman–Crippen MR) is 74.5 cm³/mol. The summed E-state index contributed by atoms with van der Waals surface area (Å²) in [5.74, 6) is 0.602. The first kappa shape index (κ1) is 12.8. The molecule has 1 heterocycles. The van der Waals surface area contributed by atoms with Gasteiger partial charge in [-0.15, -0.1) is 0 Å². The average molecular weight is 280 g/mol. The Kier molecular flexibility index (Phi) is 3.40. The van der Waals surface area contributed by atoms with Gasteiger partial charge in [0.05, 0.1) is 5.56 Å². The van der Waals surface area contributed by atoms with Crippen LogP contribution < -0.4 is 0 Å². The first-order valence-electron chi connectivity index (χ1n) is 6.96. The second-order valence-electron chi connectivity index (χ2n) is 5.56. The molecule has 1 N–H and O–H groups in total. The fourth-order valence-corrected chi connectivity index (χ4v) is 3.71. The van der Waals surface area contributed by atoms with Crippen LogP contribution in [0.15, 0.2) is 18.2 Å². The first-order valence-corrected chi connectivity index (χ1v) is 7.34. The van der Waals surface area contributed by atoms with Gasteiger partial charge in [-0.3, -0.25) is 4.79 Å². The molecule has 3 rings (SSSR count). The Labute approximate surface area is 118 Å². The summed E-state index contributed by atoms with van der Waals surface area (Å²) < 4.78 is 0. The molecule has 2 aliphatic rings. The maximum Gasteiger partial charge on any atom is 0.257 e. The van der Waals surface area contributed by atoms with E-state index < -0.39 is 0 Å². The number of phenols is 1. The van der Waals surface area contributed by atoms with E-state index in [2.05, 4.69) is 0 Å². The Bertz CT molecular complexity index is 503. The van der Waals surface area contributed by atoms with Crippen LogP contribution in [0.5, 0.6) is 5.75 Å². The standard InChI is InChI=1S/C15H18ClNO2/c16-11-6-7-14(18)12(9-11)15(19)17-8-2-4-10-3-1-5-13(10)17/h6-7,9-10,13,18H,1-5,8H2. The number of hydrogen-bond donors (Lipinski definition) is 1. The second-order valence-corrected chi connectivity index (χ2v) is 6.00. The summed E-state index contributed by atoms with van der Waals surface area (Å²) >= 11 is 5.93. The third kappa shape index (κ3) is 2.32. The lowest BCUT2D eigenvalue weighted by Crippen LogP contribution is -2.46. The Balaban J connectivity index is 1.88. The number of nitrogens with zero attached hydrogens (tertiary/aromatic N) is 1. The van der Waals surface area contributed by atoms with Crippen molar-refractivity contribution < 1.29 is 9.90 Å². The molecule has 1 amide bonds. The minimum atomic E-state index is -0.0726. The SMILES string of the molecule is O=C(c1cc(Cl)ccc1O)N1CCCC2CCCC21. The fourth-order valence-electron chi connectivity index (χ4n) is 3.54. The lowest BCUT2D eigenvalue weighted by Gasteiger charge is -2.38. The molecule has 1 saturated carbocycles. The highest BCUT2D eigenvalue weighted by molar-refractivity contribution is 6.31. The van der Waals surface area contributed by atoms with Gasteiger partial charge >= 0.3 is 0 Å². The fraction of sp³-hybridized carbons (Fsp3) is 0.533. The monoisotopic (exact) mass is 279 g/mol. The molecule has 2 fully saturated rings. The molecule has 0 spiro atoms. The summed E-state index contributed by atoms with van der Waals surface area (Å²) in [5.41, 5.74) is 0.333. The highest BCUT2D eigenvalue weighted by Gasteiger charge is 2.38. The summed E-state index contributed by atoms with van der Waals surface area (Å²) in [6.45, 7) is 0.798. The highest BCUT2D eigenvalue weighted by Crippen LogP contribution is 2.38. The van der Waals surface area contributed by atoms with Crippen LogP contribution >= 0.6 is 11.6 Å². The average Bonchev–Trinajstić information content (AvgIpc) is 2.89. The normalized spacial score (nSPS) is 26.3. The van der Waals surface area contributed by atoms with Gasteiger partial charge in [0.1, 0.15) is 5.75 Å². The number of phenolic OH excluding ortho intramolecular Hbond substituents is 1. The van der Waals surface area contributed by atoms with Crippen LogP contribution in [0.2, 0.25) is 5.02 Å². The van der Waals surface area contributed by atoms with Crippen molar-refractivity contribution in [3.8, 4) is 5.75 Å². The van der Waals surface area contributed by atoms with Gasteiger partial charge in [-0.2, -0.15) is 0 Å². The quantitative estimate of drug-likeness (QED) is 0.855. The Morgan fingerprint density at radius 1 is 1.26 bits per heavy atom. The zero-order valence-corrected chi connectivity index (χ0v) is 11.6. The zero-order chi connectivity index (χ0) is 13.4. The summed E-state index contributed by atoms with van der Waals surface area (Å²) in [5, 5.41) is 10.4. The van der Waals surface area contributed by atoms with Crippen molar-refractivity contribution in [2.45, 2.75) is 38.1 Å². The van der Waals surface area contributed by atoms with Crippen LogP contribution in [0.1, 0.15) is 42.5 Å². The van der Waals surface area contributed by atoms with E-state index in [4.69, 9.17) is 11.6 Å². The van der Waals surface area contributed by atoms with Crippen molar-refractivity contribution >= 4 is 17.5 Å². The number of halogens is 1. The van der Waals surface area contributed by atoms with Crippen LogP contribution in [-0.4, -0.2) is 28.5 Å². The number of carbonyl (C=O) groups is 1. The number of carbonyl (C=O) groups excluding carboxylic acids is 1. The largest absolute Gasteiger partial charge is 0.507 e. The zero-order valence-electron chi connectivity index (χ0n) is 10.8. The molecule has 2 atom stereocenters. The molecule has 1 aliphatic heterocycles. The second kappa shape index (κ2) is 5.04. The van der Waals surface area contributed by atoms with Gasteiger partial charge < -0.3 is 10.0 Å². The summed E-state index contributed by atoms with van der Waals surface area (Å²) in [4.78, 5) is 14.6. The molecule has 3 nitrogen and oxygen atoms in total. The Morgan fingerprint density at radius 3 is 2.89 bits per heavy atom. The van der Waals surface area contributed by atoms with Crippen molar-refractivity contribution in [1.29, 1.82) is 0 Å². The maximum atomic E-state index is 12.6. The van der Waals surface area contributed by atoms with E-state index in [-0.39, 0.29) is 11.7 Å². The number of rotatable bonds is 1. The highest BCUT2D eigenvalue weighted by atomic mass is 35.5. The van der Waals surface area contributed by atoms with Gasteiger partial charge in [0.25, 0.3) is 5.91 Å². The van der Waals surface area contributed by atoms with Gasteiger partial charge in [-0.1, -0.05) is 18.0 Å². The van der Waals surface area contributed by atoms with Gasteiger partial charge in [0, 0.05) is 17.6 Å². The van der Waals surface area contributed by atoms with E-state index in [0.717, 1.165) is 19.4 Å². The lowest BCUT2D eigenvalue weighted by molar-refractivity contribution is 0.0545. The topological polar surface area (TPSA) is 40.5 Å². The number of piperidine rings is 1. The van der Waals surface area contributed by atoms with E-state index in [9.17, 15) is 9.90 Å². The molecule has 0 radical (unpaired) electrons. The van der Waals surface area contributed by atoms with E-state index in [1.165, 1.54) is 25.3 Å². The Morgan fingerprint density at radius 2 is 2.05 bits per heavy atom. The lowest BCUT2D eigenvalue weighted by atomic mass is 9.91. The van der Waals surface area contributed by atoms with Crippen molar-refractivity contribution in [3.05, 3.63) is 28.8 Å². The molecule has 1 aromatic rings. The molecule has 1 aliphatic carbocycles. The number of fused-ring (bicyclic) bond motifs is 1. The van der Waals surface area contributed by atoms with Gasteiger partial charge in [0.2, 0.25) is 0 Å². The summed E-state index contributed by atoms with van der Waals surface area (Å²) in [6.07, 6.45) is 5.83. The molecule has 2 unspecified atom stereocenters. The number of aromatic hydroxyl groups is 1. The van der Waals surface area contributed by atoms with Gasteiger partial charge in [0.15, 0.2) is 0 Å². The van der Waals surface area contributed by atoms with Crippen LogP contribution in [0.4, 0.5) is 0 Å². The van der Waals surface area contributed by atoms with Crippen molar-refractivity contribution in [1.82, 2.24) is 4.90 Å². The van der Waals surface area contributed by atoms with E-state index in [1.54, 1.807) is 12.1 Å². The van der Waals surface area contributed by atoms with Crippen molar-refractivity contribution in [2.24, 2.45) is 5.92 Å². The van der Waals surface area contributed by atoms with Crippen LogP contribution in [0, 0.1) is 5.92 Å². The summed E-state index contributed by atoms with van der Waals surface area (Å²) in [7, 11) is 0. The molecule has 1 saturated heterocycles. The van der Waals surface area contributed by atoms with Crippen LogP contribution in [0.25, 0.3) is 0 Å². The molecule has 0 aromatic heterocycles. The molecular weight excluding hydrogens is 262 g/mol. The third-order valence-electron chi connectivity index (χ3n) is 4.44. The van der Waals surface area contributed by atoms with Gasteiger partial charge in [-0.25, -0.2) is 0 Å². The molecule has 4 heteroatoms. The molecule has 19 heavy (non-hydrogen) atoms. The van der Waals surface area contributed by atoms with Crippen molar-refractivity contribution in [3.63, 3.8) is 0 Å². The number of likely N-dealkylation sites (tertiary alicyclic amines) is 1. The maximum absolute atomic E-state index is 12.6. The van der Waals surface area contributed by atoms with Crippen molar-refractivity contribution in [2.75, 3.05) is 6.54 Å². The van der Waals surface area contributed by atoms with Gasteiger partial charge in [-0.05, 0) is 49.8 Å². The van der Waals surface area contributed by atoms with Crippen LogP contribution in [0.3, 0.4) is 0 Å².